The van der Waals surface area contributed by atoms with Crippen molar-refractivity contribution < 1.29 is 4.79 Å². The van der Waals surface area contributed by atoms with Crippen molar-refractivity contribution in [1.29, 1.82) is 0 Å². The Bertz CT molecular complexity index is 875. The van der Waals surface area contributed by atoms with Gasteiger partial charge in [0.1, 0.15) is 4.88 Å². The van der Waals surface area contributed by atoms with Crippen molar-refractivity contribution in [2.45, 2.75) is 0 Å². The van der Waals surface area contributed by atoms with Gasteiger partial charge in [-0.15, -0.1) is 11.3 Å². The molecule has 0 aliphatic rings. The van der Waals surface area contributed by atoms with E-state index in [9.17, 15) is 4.79 Å². The van der Waals surface area contributed by atoms with Crippen molar-refractivity contribution in [1.82, 2.24) is 5.43 Å². The minimum Gasteiger partial charge on any atom is -0.266 e. The van der Waals surface area contributed by atoms with E-state index < -0.39 is 0 Å². The zero-order chi connectivity index (χ0) is 15.5. The lowest BCUT2D eigenvalue weighted by Gasteiger charge is -1.98. The van der Waals surface area contributed by atoms with Crippen LogP contribution in [0.15, 0.2) is 58.1 Å². The van der Waals surface area contributed by atoms with Gasteiger partial charge in [0.05, 0.1) is 11.2 Å². The molecule has 0 saturated carbocycles. The second-order valence-corrected chi connectivity index (χ2v) is 6.75. The second kappa shape index (κ2) is 6.60. The van der Waals surface area contributed by atoms with Crippen molar-refractivity contribution in [2.75, 3.05) is 0 Å². The number of carbonyl (C=O) groups excluding carboxylic acids is 1. The SMILES string of the molecule is O=C(N/N=C/c1ccccc1Br)c1sc2ccccc2c1Cl. The van der Waals surface area contributed by atoms with Gasteiger partial charge in [0.15, 0.2) is 0 Å². The van der Waals surface area contributed by atoms with E-state index in [1.807, 2.05) is 48.5 Å². The van der Waals surface area contributed by atoms with Crippen LogP contribution in [-0.2, 0) is 0 Å². The molecule has 6 heteroatoms. The Hall–Kier alpha value is -1.69. The Morgan fingerprint density at radius 2 is 1.91 bits per heavy atom. The fourth-order valence-corrected chi connectivity index (χ4v) is 3.75. The molecule has 0 unspecified atom stereocenters. The molecular formula is C16H10BrClN2OS. The number of rotatable bonds is 3. The Kier molecular flexibility index (Phi) is 4.57. The Morgan fingerprint density at radius 1 is 1.18 bits per heavy atom. The zero-order valence-electron chi connectivity index (χ0n) is 11.2. The van der Waals surface area contributed by atoms with Crippen molar-refractivity contribution in [2.24, 2.45) is 5.10 Å². The van der Waals surface area contributed by atoms with Crippen molar-refractivity contribution in [3.8, 4) is 0 Å². The van der Waals surface area contributed by atoms with E-state index in [-0.39, 0.29) is 5.91 Å². The average Bonchev–Trinajstić information content (AvgIpc) is 2.87. The summed E-state index contributed by atoms with van der Waals surface area (Å²) in [5, 5.41) is 5.33. The molecule has 0 bridgehead atoms. The molecule has 110 valence electrons. The van der Waals surface area contributed by atoms with E-state index in [0.29, 0.717) is 9.90 Å². The first kappa shape index (κ1) is 15.2. The molecule has 0 spiro atoms. The number of carbonyl (C=O) groups is 1. The van der Waals surface area contributed by atoms with Gasteiger partial charge < -0.3 is 0 Å². The number of thiophene rings is 1. The monoisotopic (exact) mass is 392 g/mol. The summed E-state index contributed by atoms with van der Waals surface area (Å²) in [6.07, 6.45) is 1.59. The van der Waals surface area contributed by atoms with E-state index in [2.05, 4.69) is 26.5 Å². The van der Waals surface area contributed by atoms with Crippen LogP contribution in [0, 0.1) is 0 Å². The molecule has 0 atom stereocenters. The second-order valence-electron chi connectivity index (χ2n) is 4.46. The van der Waals surface area contributed by atoms with Crippen LogP contribution >= 0.6 is 38.9 Å². The predicted molar refractivity (Wildman–Crippen MR) is 96.0 cm³/mol. The molecule has 0 fully saturated rings. The Balaban J connectivity index is 1.79. The van der Waals surface area contributed by atoms with Crippen LogP contribution in [0.4, 0.5) is 0 Å². The number of hydrogen-bond acceptors (Lipinski definition) is 3. The first-order valence-corrected chi connectivity index (χ1v) is 8.40. The fraction of sp³-hybridized carbons (Fsp3) is 0. The van der Waals surface area contributed by atoms with Gasteiger partial charge in [-0.2, -0.15) is 5.10 Å². The summed E-state index contributed by atoms with van der Waals surface area (Å²) < 4.78 is 1.89. The summed E-state index contributed by atoms with van der Waals surface area (Å²) >= 11 is 11.0. The highest BCUT2D eigenvalue weighted by Crippen LogP contribution is 2.34. The molecule has 2 aromatic carbocycles. The van der Waals surface area contributed by atoms with Crippen LogP contribution in [0.1, 0.15) is 15.2 Å². The Labute approximate surface area is 144 Å². The lowest BCUT2D eigenvalue weighted by atomic mass is 10.2. The number of nitrogens with one attached hydrogen (secondary N) is 1. The maximum atomic E-state index is 12.2. The van der Waals surface area contributed by atoms with Gasteiger partial charge in [-0.25, -0.2) is 5.43 Å². The molecule has 1 heterocycles. The molecule has 22 heavy (non-hydrogen) atoms. The van der Waals surface area contributed by atoms with E-state index in [4.69, 9.17) is 11.6 Å². The maximum Gasteiger partial charge on any atom is 0.283 e. The third-order valence-corrected chi connectivity index (χ3v) is 5.41. The molecule has 0 saturated heterocycles. The third-order valence-electron chi connectivity index (χ3n) is 3.02. The van der Waals surface area contributed by atoms with Crippen molar-refractivity contribution in [3.05, 3.63) is 68.5 Å². The van der Waals surface area contributed by atoms with Gasteiger partial charge in [0.2, 0.25) is 0 Å². The molecule has 3 nitrogen and oxygen atoms in total. The highest BCUT2D eigenvalue weighted by Gasteiger charge is 2.16. The fourth-order valence-electron chi connectivity index (χ4n) is 1.95. The maximum absolute atomic E-state index is 12.2. The highest BCUT2D eigenvalue weighted by atomic mass is 79.9. The standard InChI is InChI=1S/C16H10BrClN2OS/c17-12-7-3-1-5-10(12)9-19-20-16(21)15-14(18)11-6-2-4-8-13(11)22-15/h1-9H,(H,20,21)/b19-9+. The topological polar surface area (TPSA) is 41.5 Å². The molecule has 3 rings (SSSR count). The largest absolute Gasteiger partial charge is 0.283 e. The summed E-state index contributed by atoms with van der Waals surface area (Å²) in [4.78, 5) is 12.7. The first-order chi connectivity index (χ1) is 10.7. The number of nitrogens with zero attached hydrogens (tertiary/aromatic N) is 1. The molecule has 0 aliphatic carbocycles. The smallest absolute Gasteiger partial charge is 0.266 e. The van der Waals surface area contributed by atoms with Gasteiger partial charge >= 0.3 is 0 Å². The number of hydrazone groups is 1. The molecule has 3 aromatic rings. The number of fused-ring (bicyclic) bond motifs is 1. The summed E-state index contributed by atoms with van der Waals surface area (Å²) in [7, 11) is 0. The van der Waals surface area contributed by atoms with Crippen LogP contribution in [-0.4, -0.2) is 12.1 Å². The van der Waals surface area contributed by atoms with E-state index in [0.717, 1.165) is 20.1 Å². The molecule has 1 amide bonds. The number of benzene rings is 2. The van der Waals surface area contributed by atoms with Crippen LogP contribution in [0.3, 0.4) is 0 Å². The molecule has 0 aliphatic heterocycles. The van der Waals surface area contributed by atoms with Crippen molar-refractivity contribution >= 4 is 61.1 Å². The Morgan fingerprint density at radius 3 is 2.68 bits per heavy atom. The van der Waals surface area contributed by atoms with Gasteiger partial charge in [-0.05, 0) is 12.1 Å². The van der Waals surface area contributed by atoms with Gasteiger partial charge in [-0.1, -0.05) is 63.9 Å². The first-order valence-electron chi connectivity index (χ1n) is 6.42. The molecule has 0 radical (unpaired) electrons. The lowest BCUT2D eigenvalue weighted by molar-refractivity contribution is 0.0959. The summed E-state index contributed by atoms with van der Waals surface area (Å²) in [5.74, 6) is -0.311. The van der Waals surface area contributed by atoms with E-state index >= 15 is 0 Å². The van der Waals surface area contributed by atoms with Gasteiger partial charge in [0, 0.05) is 20.1 Å². The number of halogens is 2. The van der Waals surface area contributed by atoms with Crippen LogP contribution in [0.25, 0.3) is 10.1 Å². The minimum absolute atomic E-state index is 0.311. The number of amides is 1. The average molecular weight is 394 g/mol. The zero-order valence-corrected chi connectivity index (χ0v) is 14.4. The van der Waals surface area contributed by atoms with Gasteiger partial charge in [0.25, 0.3) is 5.91 Å². The van der Waals surface area contributed by atoms with Crippen LogP contribution in [0.5, 0.6) is 0 Å². The normalized spacial score (nSPS) is 11.2. The quantitative estimate of drug-likeness (QED) is 0.489. The predicted octanol–water partition coefficient (Wildman–Crippen LogP) is 5.08. The van der Waals surface area contributed by atoms with Crippen LogP contribution < -0.4 is 5.43 Å². The van der Waals surface area contributed by atoms with Gasteiger partial charge in [-0.3, -0.25) is 4.79 Å². The molecule has 1 N–H and O–H groups in total. The molecular weight excluding hydrogens is 384 g/mol. The lowest BCUT2D eigenvalue weighted by Crippen LogP contribution is -2.16. The third kappa shape index (κ3) is 3.06. The summed E-state index contributed by atoms with van der Waals surface area (Å²) in [6.45, 7) is 0. The van der Waals surface area contributed by atoms with E-state index in [1.54, 1.807) is 6.21 Å². The van der Waals surface area contributed by atoms with Crippen molar-refractivity contribution in [3.63, 3.8) is 0 Å². The highest BCUT2D eigenvalue weighted by molar-refractivity contribution is 9.10. The molecule has 1 aromatic heterocycles. The minimum atomic E-state index is -0.311. The van der Waals surface area contributed by atoms with E-state index in [1.165, 1.54) is 11.3 Å². The summed E-state index contributed by atoms with van der Waals surface area (Å²) in [5.41, 5.74) is 3.39. The van der Waals surface area contributed by atoms with Crippen LogP contribution in [0.2, 0.25) is 5.02 Å². The number of hydrogen-bond donors (Lipinski definition) is 1. The summed E-state index contributed by atoms with van der Waals surface area (Å²) in [6, 6.07) is 15.3.